The van der Waals surface area contributed by atoms with Crippen LogP contribution in [0.3, 0.4) is 0 Å². The van der Waals surface area contributed by atoms with E-state index in [1.807, 2.05) is 29.2 Å². The Morgan fingerprint density at radius 1 is 1.04 bits per heavy atom. The van der Waals surface area contributed by atoms with E-state index in [2.05, 4.69) is 4.90 Å². The maximum absolute atomic E-state index is 12.9. The average molecular weight is 423 g/mol. The summed E-state index contributed by atoms with van der Waals surface area (Å²) in [6.45, 7) is 4.74. The maximum atomic E-state index is 12.9. The summed E-state index contributed by atoms with van der Waals surface area (Å²) in [5.41, 5.74) is 1.13. The topological polar surface area (TPSA) is 42.0 Å². The molecule has 0 bridgehead atoms. The van der Waals surface area contributed by atoms with E-state index in [1.165, 1.54) is 0 Å². The highest BCUT2D eigenvalue weighted by Gasteiger charge is 2.25. The zero-order chi connectivity index (χ0) is 20.1. The van der Waals surface area contributed by atoms with Gasteiger partial charge in [-0.3, -0.25) is 4.79 Å². The zero-order valence-electron chi connectivity index (χ0n) is 16.0. The van der Waals surface area contributed by atoms with Crippen LogP contribution in [0.25, 0.3) is 0 Å². The monoisotopic (exact) mass is 422 g/mol. The Morgan fingerprint density at radius 2 is 1.79 bits per heavy atom. The number of anilines is 1. The van der Waals surface area contributed by atoms with Gasteiger partial charge in [-0.25, -0.2) is 0 Å². The number of amides is 1. The van der Waals surface area contributed by atoms with Crippen molar-refractivity contribution in [3.8, 4) is 11.5 Å². The van der Waals surface area contributed by atoms with Gasteiger partial charge in [0.1, 0.15) is 16.5 Å². The van der Waals surface area contributed by atoms with Crippen LogP contribution in [0.5, 0.6) is 11.5 Å². The van der Waals surface area contributed by atoms with Gasteiger partial charge in [-0.2, -0.15) is 0 Å². The Morgan fingerprint density at radius 3 is 2.50 bits per heavy atom. The number of benzene rings is 2. The zero-order valence-corrected chi connectivity index (χ0v) is 17.5. The largest absolute Gasteiger partial charge is 0.497 e. The van der Waals surface area contributed by atoms with Gasteiger partial charge in [-0.05, 0) is 49.7 Å². The second kappa shape index (κ2) is 9.39. The molecule has 0 radical (unpaired) electrons. The summed E-state index contributed by atoms with van der Waals surface area (Å²) in [5, 5.41) is 0.731. The molecule has 1 aliphatic rings. The van der Waals surface area contributed by atoms with Crippen LogP contribution in [0.2, 0.25) is 10.0 Å². The first kappa shape index (κ1) is 20.6. The van der Waals surface area contributed by atoms with Crippen LogP contribution >= 0.6 is 23.2 Å². The van der Waals surface area contributed by atoms with E-state index >= 15 is 0 Å². The van der Waals surface area contributed by atoms with Crippen molar-refractivity contribution in [1.82, 2.24) is 4.90 Å². The molecule has 3 rings (SSSR count). The second-order valence-electron chi connectivity index (χ2n) is 6.68. The molecule has 1 atom stereocenters. The lowest BCUT2D eigenvalue weighted by Gasteiger charge is -2.26. The number of hydrogen-bond donors (Lipinski definition) is 0. The molecule has 1 amide bonds. The normalized spacial score (nSPS) is 15.7. The lowest BCUT2D eigenvalue weighted by atomic mass is 10.2. The molecular formula is C21H24Cl2N2O3. The van der Waals surface area contributed by atoms with Gasteiger partial charge in [0.25, 0.3) is 5.91 Å². The molecule has 0 aliphatic carbocycles. The molecule has 1 aliphatic heterocycles. The summed E-state index contributed by atoms with van der Waals surface area (Å²) in [4.78, 5) is 17.0. The summed E-state index contributed by atoms with van der Waals surface area (Å²) in [5.74, 6) is 1.21. The Hall–Kier alpha value is -2.11. The SMILES string of the molecule is COc1ccc(N2CCCN(C(=O)C(C)Oc3cccc(Cl)c3Cl)CC2)cc1. The highest BCUT2D eigenvalue weighted by molar-refractivity contribution is 6.42. The third-order valence-electron chi connectivity index (χ3n) is 4.81. The molecule has 0 spiro atoms. The molecule has 0 saturated carbocycles. The lowest BCUT2D eigenvalue weighted by molar-refractivity contribution is -0.137. The number of rotatable bonds is 5. The van der Waals surface area contributed by atoms with E-state index in [-0.39, 0.29) is 5.91 Å². The van der Waals surface area contributed by atoms with Crippen LogP contribution in [0.15, 0.2) is 42.5 Å². The van der Waals surface area contributed by atoms with Crippen LogP contribution in [0, 0.1) is 0 Å². The van der Waals surface area contributed by atoms with Crippen molar-refractivity contribution in [3.63, 3.8) is 0 Å². The predicted molar refractivity (Wildman–Crippen MR) is 113 cm³/mol. The van der Waals surface area contributed by atoms with E-state index in [4.69, 9.17) is 32.7 Å². The smallest absolute Gasteiger partial charge is 0.263 e. The van der Waals surface area contributed by atoms with Crippen molar-refractivity contribution in [2.45, 2.75) is 19.4 Å². The van der Waals surface area contributed by atoms with Crippen LogP contribution in [0.4, 0.5) is 5.69 Å². The fourth-order valence-electron chi connectivity index (χ4n) is 3.26. The fraction of sp³-hybridized carbons (Fsp3) is 0.381. The highest BCUT2D eigenvalue weighted by atomic mass is 35.5. The Labute approximate surface area is 175 Å². The molecular weight excluding hydrogens is 399 g/mol. The summed E-state index contributed by atoms with van der Waals surface area (Å²) in [6.07, 6.45) is 0.256. The van der Waals surface area contributed by atoms with Crippen molar-refractivity contribution < 1.29 is 14.3 Å². The van der Waals surface area contributed by atoms with E-state index < -0.39 is 6.10 Å². The van der Waals surface area contributed by atoms with Gasteiger partial charge in [0, 0.05) is 31.9 Å². The predicted octanol–water partition coefficient (Wildman–Crippen LogP) is 4.51. The van der Waals surface area contributed by atoms with Gasteiger partial charge < -0.3 is 19.3 Å². The third kappa shape index (κ3) is 4.83. The van der Waals surface area contributed by atoms with Crippen LogP contribution in [-0.2, 0) is 4.79 Å². The minimum atomic E-state index is -0.636. The molecule has 2 aromatic rings. The van der Waals surface area contributed by atoms with Crippen molar-refractivity contribution in [3.05, 3.63) is 52.5 Å². The van der Waals surface area contributed by atoms with Crippen molar-refractivity contribution in [2.24, 2.45) is 0 Å². The van der Waals surface area contributed by atoms with E-state index in [1.54, 1.807) is 32.2 Å². The van der Waals surface area contributed by atoms with Gasteiger partial charge in [0.05, 0.1) is 12.1 Å². The Kier molecular flexibility index (Phi) is 6.92. The number of carbonyl (C=O) groups excluding carboxylic acids is 1. The molecule has 150 valence electrons. The minimum absolute atomic E-state index is 0.0485. The molecule has 2 aromatic carbocycles. The van der Waals surface area contributed by atoms with Crippen molar-refractivity contribution in [1.29, 1.82) is 0 Å². The highest BCUT2D eigenvalue weighted by Crippen LogP contribution is 2.32. The van der Waals surface area contributed by atoms with Gasteiger partial charge in [0.2, 0.25) is 0 Å². The first-order valence-electron chi connectivity index (χ1n) is 9.28. The van der Waals surface area contributed by atoms with E-state index in [0.29, 0.717) is 28.9 Å². The molecule has 0 N–H and O–H groups in total. The molecule has 5 nitrogen and oxygen atoms in total. The van der Waals surface area contributed by atoms with Crippen molar-refractivity contribution >= 4 is 34.8 Å². The Bertz CT molecular complexity index is 814. The van der Waals surface area contributed by atoms with Crippen molar-refractivity contribution in [2.75, 3.05) is 38.2 Å². The number of methoxy groups -OCH3 is 1. The molecule has 1 saturated heterocycles. The summed E-state index contributed by atoms with van der Waals surface area (Å²) in [7, 11) is 1.66. The summed E-state index contributed by atoms with van der Waals surface area (Å²) < 4.78 is 11.0. The number of nitrogens with zero attached hydrogens (tertiary/aromatic N) is 2. The van der Waals surface area contributed by atoms with E-state index in [9.17, 15) is 4.79 Å². The van der Waals surface area contributed by atoms with Crippen LogP contribution < -0.4 is 14.4 Å². The number of carbonyl (C=O) groups is 1. The molecule has 1 fully saturated rings. The molecule has 1 heterocycles. The molecule has 7 heteroatoms. The first-order valence-corrected chi connectivity index (χ1v) is 10.0. The maximum Gasteiger partial charge on any atom is 0.263 e. The molecule has 0 aromatic heterocycles. The molecule has 1 unspecified atom stereocenters. The standard InChI is InChI=1S/C21H24Cl2N2O3/c1-15(28-19-6-3-5-18(22)20(19)23)21(26)25-12-4-11-24(13-14-25)16-7-9-17(27-2)10-8-16/h3,5-10,15H,4,11-14H2,1-2H3. The van der Waals surface area contributed by atoms with E-state index in [0.717, 1.165) is 30.9 Å². The first-order chi connectivity index (χ1) is 13.5. The minimum Gasteiger partial charge on any atom is -0.497 e. The third-order valence-corrected chi connectivity index (χ3v) is 5.61. The lowest BCUT2D eigenvalue weighted by Crippen LogP contribution is -2.42. The van der Waals surface area contributed by atoms with Crippen LogP contribution in [-0.4, -0.2) is 50.2 Å². The van der Waals surface area contributed by atoms with Gasteiger partial charge in [-0.1, -0.05) is 29.3 Å². The fourth-order valence-corrected chi connectivity index (χ4v) is 3.60. The number of ether oxygens (including phenoxy) is 2. The van der Waals surface area contributed by atoms with Gasteiger partial charge >= 0.3 is 0 Å². The number of halogens is 2. The molecule has 28 heavy (non-hydrogen) atoms. The average Bonchev–Trinajstić information content (AvgIpc) is 2.97. The summed E-state index contributed by atoms with van der Waals surface area (Å²) in [6, 6.07) is 13.1. The quantitative estimate of drug-likeness (QED) is 0.710. The summed E-state index contributed by atoms with van der Waals surface area (Å²) >= 11 is 12.2. The van der Waals surface area contributed by atoms with Gasteiger partial charge in [-0.15, -0.1) is 0 Å². The van der Waals surface area contributed by atoms with Crippen LogP contribution in [0.1, 0.15) is 13.3 Å². The second-order valence-corrected chi connectivity index (χ2v) is 7.46. The van der Waals surface area contributed by atoms with Gasteiger partial charge in [0.15, 0.2) is 6.10 Å². The Balaban J connectivity index is 1.60. The number of hydrogen-bond acceptors (Lipinski definition) is 4.